The third-order valence-electron chi connectivity index (χ3n) is 4.15. The van der Waals surface area contributed by atoms with E-state index in [0.29, 0.717) is 19.8 Å². The molecule has 1 aliphatic rings. The van der Waals surface area contributed by atoms with E-state index in [0.717, 1.165) is 56.6 Å². The molecule has 2 rings (SSSR count). The van der Waals surface area contributed by atoms with Crippen molar-refractivity contribution >= 4 is 24.0 Å². The fourth-order valence-corrected chi connectivity index (χ4v) is 2.72. The number of rotatable bonds is 10. The van der Waals surface area contributed by atoms with Crippen LogP contribution < -0.4 is 10.6 Å². The fraction of sp³-hybridized carbons (Fsp3) is 0.632. The Hall–Kier alpha value is -1.14. The van der Waals surface area contributed by atoms with Gasteiger partial charge < -0.3 is 20.1 Å². The van der Waals surface area contributed by atoms with Gasteiger partial charge in [0.1, 0.15) is 0 Å². The Morgan fingerprint density at radius 2 is 2.12 bits per heavy atom. The van der Waals surface area contributed by atoms with Crippen molar-refractivity contribution in [1.29, 1.82) is 0 Å². The average molecular weight is 371 g/mol. The van der Waals surface area contributed by atoms with Crippen LogP contribution in [0, 0.1) is 5.92 Å². The molecule has 1 saturated heterocycles. The highest BCUT2D eigenvalue weighted by atomic mass is 35.5. The van der Waals surface area contributed by atoms with Gasteiger partial charge in [-0.2, -0.15) is 0 Å². The highest BCUT2D eigenvalue weighted by molar-refractivity contribution is 5.92. The van der Waals surface area contributed by atoms with Crippen LogP contribution in [-0.2, 0) is 20.9 Å². The molecule has 0 radical (unpaired) electrons. The summed E-state index contributed by atoms with van der Waals surface area (Å²) in [4.78, 5) is 12.3. The molecule has 6 heteroatoms. The van der Waals surface area contributed by atoms with Gasteiger partial charge >= 0.3 is 0 Å². The summed E-state index contributed by atoms with van der Waals surface area (Å²) in [5.41, 5.74) is 1.90. The molecule has 1 amide bonds. The van der Waals surface area contributed by atoms with E-state index in [1.807, 2.05) is 24.3 Å². The predicted molar refractivity (Wildman–Crippen MR) is 103 cm³/mol. The number of carbonyl (C=O) groups excluding carboxylic acids is 1. The van der Waals surface area contributed by atoms with E-state index in [9.17, 15) is 4.79 Å². The van der Waals surface area contributed by atoms with Gasteiger partial charge in [0, 0.05) is 18.8 Å². The maximum atomic E-state index is 12.3. The molecule has 1 unspecified atom stereocenters. The van der Waals surface area contributed by atoms with Crippen molar-refractivity contribution in [1.82, 2.24) is 5.32 Å². The van der Waals surface area contributed by atoms with Gasteiger partial charge in [-0.3, -0.25) is 4.79 Å². The number of amides is 1. The molecule has 0 spiro atoms. The van der Waals surface area contributed by atoms with Crippen molar-refractivity contribution in [3.63, 3.8) is 0 Å². The van der Waals surface area contributed by atoms with Crippen LogP contribution in [0.25, 0.3) is 0 Å². The summed E-state index contributed by atoms with van der Waals surface area (Å²) in [6.07, 6.45) is 4.26. The standard InChI is InChI=1S/C19H30N2O3.ClH/c1-2-3-10-23-11-12-24-15-16-6-4-8-18(13-16)21-19(22)17-7-5-9-20-14-17;/h4,6,8,13,17,20H,2-3,5,7,9-12,14-15H2,1H3,(H,21,22);1H. The Labute approximate surface area is 157 Å². The number of carbonyl (C=O) groups is 1. The quantitative estimate of drug-likeness (QED) is 0.620. The van der Waals surface area contributed by atoms with Crippen LogP contribution in [-0.4, -0.2) is 38.8 Å². The largest absolute Gasteiger partial charge is 0.379 e. The SMILES string of the molecule is CCCCOCCOCc1cccc(NC(=O)C2CCCNC2)c1.Cl. The molecule has 1 aromatic carbocycles. The third kappa shape index (κ3) is 8.68. The van der Waals surface area contributed by atoms with Gasteiger partial charge in [-0.25, -0.2) is 0 Å². The average Bonchev–Trinajstić information content (AvgIpc) is 2.62. The minimum absolute atomic E-state index is 0. The second kappa shape index (κ2) is 13.1. The minimum Gasteiger partial charge on any atom is -0.379 e. The summed E-state index contributed by atoms with van der Waals surface area (Å²) in [6.45, 7) is 6.49. The molecule has 142 valence electrons. The number of piperidine rings is 1. The lowest BCUT2D eigenvalue weighted by Gasteiger charge is -2.22. The maximum Gasteiger partial charge on any atom is 0.228 e. The van der Waals surface area contributed by atoms with Gasteiger partial charge in [0.15, 0.2) is 0 Å². The van der Waals surface area contributed by atoms with Crippen LogP contribution in [0.2, 0.25) is 0 Å². The smallest absolute Gasteiger partial charge is 0.228 e. The van der Waals surface area contributed by atoms with E-state index >= 15 is 0 Å². The summed E-state index contributed by atoms with van der Waals surface area (Å²) in [7, 11) is 0. The van der Waals surface area contributed by atoms with E-state index in [2.05, 4.69) is 17.6 Å². The Bertz CT molecular complexity index is 493. The van der Waals surface area contributed by atoms with E-state index in [-0.39, 0.29) is 24.2 Å². The van der Waals surface area contributed by atoms with Crippen LogP contribution in [0.3, 0.4) is 0 Å². The van der Waals surface area contributed by atoms with E-state index in [1.165, 1.54) is 0 Å². The van der Waals surface area contributed by atoms with Gasteiger partial charge in [0.25, 0.3) is 0 Å². The Morgan fingerprint density at radius 1 is 1.28 bits per heavy atom. The number of nitrogens with one attached hydrogen (secondary N) is 2. The van der Waals surface area contributed by atoms with Gasteiger partial charge in [-0.15, -0.1) is 12.4 Å². The van der Waals surface area contributed by atoms with Crippen LogP contribution in [0.15, 0.2) is 24.3 Å². The van der Waals surface area contributed by atoms with E-state index in [1.54, 1.807) is 0 Å². The van der Waals surface area contributed by atoms with Crippen molar-refractivity contribution < 1.29 is 14.3 Å². The topological polar surface area (TPSA) is 59.6 Å². The molecule has 25 heavy (non-hydrogen) atoms. The molecule has 1 aromatic rings. The van der Waals surface area contributed by atoms with Crippen LogP contribution >= 0.6 is 12.4 Å². The lowest BCUT2D eigenvalue weighted by Crippen LogP contribution is -2.37. The summed E-state index contributed by atoms with van der Waals surface area (Å²) < 4.78 is 11.1. The number of hydrogen-bond donors (Lipinski definition) is 2. The maximum absolute atomic E-state index is 12.3. The van der Waals surface area contributed by atoms with Crippen molar-refractivity contribution in [3.8, 4) is 0 Å². The molecule has 0 bridgehead atoms. The van der Waals surface area contributed by atoms with Crippen LogP contribution in [0.1, 0.15) is 38.2 Å². The second-order valence-electron chi connectivity index (χ2n) is 6.25. The van der Waals surface area contributed by atoms with Gasteiger partial charge in [-0.1, -0.05) is 25.5 Å². The second-order valence-corrected chi connectivity index (χ2v) is 6.25. The number of unbranched alkanes of at least 4 members (excludes halogenated alkanes) is 1. The Morgan fingerprint density at radius 3 is 2.88 bits per heavy atom. The predicted octanol–water partition coefficient (Wildman–Crippen LogP) is 3.38. The summed E-state index contributed by atoms with van der Waals surface area (Å²) in [6, 6.07) is 7.86. The van der Waals surface area contributed by atoms with Gasteiger partial charge in [0.2, 0.25) is 5.91 Å². The minimum atomic E-state index is 0. The molecular formula is C19H31ClN2O3. The third-order valence-corrected chi connectivity index (χ3v) is 4.15. The molecule has 1 atom stereocenters. The van der Waals surface area contributed by atoms with Crippen LogP contribution in [0.4, 0.5) is 5.69 Å². The summed E-state index contributed by atoms with van der Waals surface area (Å²) in [5, 5.41) is 6.29. The molecule has 1 heterocycles. The van der Waals surface area contributed by atoms with Crippen molar-refractivity contribution in [2.75, 3.05) is 38.2 Å². The lowest BCUT2D eigenvalue weighted by molar-refractivity contribution is -0.120. The van der Waals surface area contributed by atoms with E-state index < -0.39 is 0 Å². The molecule has 1 aliphatic heterocycles. The lowest BCUT2D eigenvalue weighted by atomic mass is 9.99. The first kappa shape index (κ1) is 21.9. The highest BCUT2D eigenvalue weighted by Crippen LogP contribution is 2.16. The zero-order valence-corrected chi connectivity index (χ0v) is 15.9. The number of halogens is 1. The Kier molecular flexibility index (Phi) is 11.5. The molecule has 0 saturated carbocycles. The number of anilines is 1. The first-order valence-electron chi connectivity index (χ1n) is 9.05. The molecular weight excluding hydrogens is 340 g/mol. The van der Waals surface area contributed by atoms with Gasteiger partial charge in [0.05, 0.1) is 25.7 Å². The first-order chi connectivity index (χ1) is 11.8. The summed E-state index contributed by atoms with van der Waals surface area (Å²) in [5.74, 6) is 0.170. The highest BCUT2D eigenvalue weighted by Gasteiger charge is 2.20. The normalized spacial score (nSPS) is 16.9. The molecule has 2 N–H and O–H groups in total. The van der Waals surface area contributed by atoms with Gasteiger partial charge in [-0.05, 0) is 43.5 Å². The molecule has 0 aliphatic carbocycles. The number of hydrogen-bond acceptors (Lipinski definition) is 4. The molecule has 0 aromatic heterocycles. The van der Waals surface area contributed by atoms with Crippen molar-refractivity contribution in [2.45, 2.75) is 39.2 Å². The van der Waals surface area contributed by atoms with Crippen molar-refractivity contribution in [3.05, 3.63) is 29.8 Å². The fourth-order valence-electron chi connectivity index (χ4n) is 2.72. The van der Waals surface area contributed by atoms with Crippen molar-refractivity contribution in [2.24, 2.45) is 5.92 Å². The molecule has 5 nitrogen and oxygen atoms in total. The first-order valence-corrected chi connectivity index (χ1v) is 9.05. The summed E-state index contributed by atoms with van der Waals surface area (Å²) >= 11 is 0. The molecule has 1 fully saturated rings. The Balaban J connectivity index is 0.00000312. The van der Waals surface area contributed by atoms with Crippen LogP contribution in [0.5, 0.6) is 0 Å². The zero-order valence-electron chi connectivity index (χ0n) is 15.1. The monoisotopic (exact) mass is 370 g/mol. The van der Waals surface area contributed by atoms with E-state index in [4.69, 9.17) is 9.47 Å². The number of ether oxygens (including phenoxy) is 2. The number of benzene rings is 1. The zero-order chi connectivity index (χ0) is 17.0.